The second-order valence-corrected chi connectivity index (χ2v) is 4.92. The Morgan fingerprint density at radius 1 is 1.55 bits per heavy atom. The van der Waals surface area contributed by atoms with E-state index < -0.39 is 0 Å². The van der Waals surface area contributed by atoms with Gasteiger partial charge in [0.05, 0.1) is 12.1 Å². The number of aromatic nitrogens is 3. The Kier molecular flexibility index (Phi) is 4.61. The second kappa shape index (κ2) is 6.41. The van der Waals surface area contributed by atoms with Gasteiger partial charge in [0, 0.05) is 12.8 Å². The molecular formula is C13H13FN4OS. The third-order valence-corrected chi connectivity index (χ3v) is 3.66. The minimum atomic E-state index is -0.369. The summed E-state index contributed by atoms with van der Waals surface area (Å²) in [5, 5.41) is 6.83. The molecule has 0 aliphatic heterocycles. The molecule has 0 unspecified atom stereocenters. The molecular weight excluding hydrogens is 279 g/mol. The monoisotopic (exact) mass is 292 g/mol. The molecule has 0 spiro atoms. The van der Waals surface area contributed by atoms with Crippen LogP contribution < -0.4 is 11.4 Å². The third-order valence-electron chi connectivity index (χ3n) is 2.56. The van der Waals surface area contributed by atoms with Crippen molar-refractivity contribution in [1.82, 2.24) is 14.8 Å². The largest absolute Gasteiger partial charge is 0.343 e. The van der Waals surface area contributed by atoms with Crippen molar-refractivity contribution in [2.75, 3.05) is 6.54 Å². The molecule has 0 aliphatic rings. The van der Waals surface area contributed by atoms with E-state index in [1.54, 1.807) is 19.2 Å². The van der Waals surface area contributed by atoms with Crippen LogP contribution in [-0.2, 0) is 12.8 Å². The van der Waals surface area contributed by atoms with E-state index in [1.165, 1.54) is 22.4 Å². The van der Waals surface area contributed by atoms with Crippen LogP contribution in [-0.4, -0.2) is 21.3 Å². The highest BCUT2D eigenvalue weighted by atomic mass is 32.2. The molecule has 0 saturated heterocycles. The molecule has 1 heterocycles. The van der Waals surface area contributed by atoms with Crippen LogP contribution in [0.5, 0.6) is 0 Å². The Hall–Kier alpha value is -2.04. The van der Waals surface area contributed by atoms with E-state index in [1.807, 2.05) is 0 Å². The van der Waals surface area contributed by atoms with E-state index >= 15 is 0 Å². The van der Waals surface area contributed by atoms with Crippen molar-refractivity contribution < 1.29 is 4.39 Å². The zero-order valence-electron chi connectivity index (χ0n) is 10.8. The lowest BCUT2D eigenvalue weighted by Crippen LogP contribution is -2.12. The van der Waals surface area contributed by atoms with Crippen molar-refractivity contribution in [2.24, 2.45) is 12.8 Å². The lowest BCUT2D eigenvalue weighted by molar-refractivity contribution is 0.624. The zero-order chi connectivity index (χ0) is 14.5. The molecule has 7 heteroatoms. The fourth-order valence-electron chi connectivity index (χ4n) is 1.51. The van der Waals surface area contributed by atoms with Crippen LogP contribution in [0.2, 0.25) is 0 Å². The topological polar surface area (TPSA) is 76.7 Å². The van der Waals surface area contributed by atoms with E-state index in [-0.39, 0.29) is 18.1 Å². The van der Waals surface area contributed by atoms with Crippen molar-refractivity contribution in [1.29, 1.82) is 0 Å². The van der Waals surface area contributed by atoms with Gasteiger partial charge in [-0.1, -0.05) is 29.7 Å². The number of hydrogen-bond donors (Lipinski definition) is 2. The van der Waals surface area contributed by atoms with Gasteiger partial charge in [0.2, 0.25) is 0 Å². The average molecular weight is 292 g/mol. The fraction of sp³-hybridized carbons (Fsp3) is 0.231. The summed E-state index contributed by atoms with van der Waals surface area (Å²) in [4.78, 5) is 11.2. The van der Waals surface area contributed by atoms with Crippen LogP contribution in [0.1, 0.15) is 11.1 Å². The first-order chi connectivity index (χ1) is 9.61. The molecule has 0 fully saturated rings. The summed E-state index contributed by atoms with van der Waals surface area (Å²) < 4.78 is 14.9. The highest BCUT2D eigenvalue weighted by Crippen LogP contribution is 2.20. The van der Waals surface area contributed by atoms with E-state index in [0.717, 1.165) is 5.56 Å². The molecule has 0 amide bonds. The Morgan fingerprint density at radius 2 is 2.35 bits per heavy atom. The van der Waals surface area contributed by atoms with Gasteiger partial charge in [0.25, 0.3) is 0 Å². The average Bonchev–Trinajstić information content (AvgIpc) is 2.76. The van der Waals surface area contributed by atoms with Crippen LogP contribution in [0, 0.1) is 17.7 Å². The van der Waals surface area contributed by atoms with Crippen molar-refractivity contribution in [3.8, 4) is 11.8 Å². The molecule has 0 aliphatic carbocycles. The summed E-state index contributed by atoms with van der Waals surface area (Å²) in [5.74, 6) is 5.51. The molecule has 3 N–H and O–H groups in total. The number of benzene rings is 1. The van der Waals surface area contributed by atoms with Gasteiger partial charge in [-0.15, -0.1) is 5.10 Å². The van der Waals surface area contributed by atoms with Crippen LogP contribution in [0.15, 0.2) is 28.2 Å². The van der Waals surface area contributed by atoms with E-state index in [4.69, 9.17) is 5.73 Å². The molecule has 1 aromatic carbocycles. The Bertz CT molecular complexity index is 726. The Balaban J connectivity index is 2.14. The van der Waals surface area contributed by atoms with E-state index in [2.05, 4.69) is 22.0 Å². The van der Waals surface area contributed by atoms with Gasteiger partial charge in [-0.25, -0.2) is 14.3 Å². The predicted molar refractivity (Wildman–Crippen MR) is 75.7 cm³/mol. The summed E-state index contributed by atoms with van der Waals surface area (Å²) in [5.41, 5.74) is 6.23. The van der Waals surface area contributed by atoms with Gasteiger partial charge in [0.15, 0.2) is 5.16 Å². The summed E-state index contributed by atoms with van der Waals surface area (Å²) >= 11 is 1.38. The highest BCUT2D eigenvalue weighted by Gasteiger charge is 2.06. The molecule has 1 aromatic heterocycles. The Morgan fingerprint density at radius 3 is 3.00 bits per heavy atom. The number of rotatable bonds is 3. The molecule has 0 saturated carbocycles. The van der Waals surface area contributed by atoms with Gasteiger partial charge in [-0.05, 0) is 17.7 Å². The summed E-state index contributed by atoms with van der Waals surface area (Å²) in [6, 6.07) is 4.73. The quantitative estimate of drug-likeness (QED) is 0.649. The van der Waals surface area contributed by atoms with Gasteiger partial charge >= 0.3 is 5.69 Å². The fourth-order valence-corrected chi connectivity index (χ4v) is 2.38. The number of H-pyrrole nitrogens is 1. The van der Waals surface area contributed by atoms with Crippen LogP contribution >= 0.6 is 11.8 Å². The SMILES string of the molecule is Cn1c(SCc2ccc(F)c(C#CCN)c2)n[nH]c1=O. The zero-order valence-corrected chi connectivity index (χ0v) is 11.6. The lowest BCUT2D eigenvalue weighted by atomic mass is 10.1. The second-order valence-electron chi connectivity index (χ2n) is 3.98. The van der Waals surface area contributed by atoms with Crippen LogP contribution in [0.3, 0.4) is 0 Å². The number of halogens is 1. The van der Waals surface area contributed by atoms with Gasteiger partial charge < -0.3 is 5.73 Å². The molecule has 2 aromatic rings. The maximum atomic E-state index is 13.5. The highest BCUT2D eigenvalue weighted by molar-refractivity contribution is 7.98. The number of nitrogens with zero attached hydrogens (tertiary/aromatic N) is 2. The predicted octanol–water partition coefficient (Wildman–Crippen LogP) is 0.850. The van der Waals surface area contributed by atoms with Crippen LogP contribution in [0.25, 0.3) is 0 Å². The first-order valence-corrected chi connectivity index (χ1v) is 6.82. The standard InChI is InChI=1S/C13H13FN4OS/c1-18-12(19)16-17-13(18)20-8-9-4-5-11(14)10(7-9)3-2-6-15/h4-5,7H,6,8,15H2,1H3,(H,16,19). The first-order valence-electron chi connectivity index (χ1n) is 5.83. The number of aromatic amines is 1. The summed E-state index contributed by atoms with van der Waals surface area (Å²) in [7, 11) is 1.64. The molecule has 2 rings (SSSR count). The third kappa shape index (κ3) is 3.29. The maximum absolute atomic E-state index is 13.5. The number of thioether (sulfide) groups is 1. The first kappa shape index (κ1) is 14.4. The lowest BCUT2D eigenvalue weighted by Gasteiger charge is -2.02. The molecule has 20 heavy (non-hydrogen) atoms. The maximum Gasteiger partial charge on any atom is 0.343 e. The van der Waals surface area contributed by atoms with E-state index in [9.17, 15) is 9.18 Å². The van der Waals surface area contributed by atoms with Crippen molar-refractivity contribution in [3.05, 3.63) is 45.6 Å². The number of nitrogens with two attached hydrogens (primary N) is 1. The van der Waals surface area contributed by atoms with Gasteiger partial charge in [-0.3, -0.25) is 4.57 Å². The van der Waals surface area contributed by atoms with Crippen molar-refractivity contribution in [3.63, 3.8) is 0 Å². The number of nitrogens with one attached hydrogen (secondary N) is 1. The normalized spacial score (nSPS) is 10.2. The van der Waals surface area contributed by atoms with Gasteiger partial charge in [0.1, 0.15) is 5.82 Å². The number of hydrogen-bond acceptors (Lipinski definition) is 4. The van der Waals surface area contributed by atoms with Crippen molar-refractivity contribution >= 4 is 11.8 Å². The minimum Gasteiger partial charge on any atom is -0.320 e. The smallest absolute Gasteiger partial charge is 0.320 e. The molecule has 0 radical (unpaired) electrons. The van der Waals surface area contributed by atoms with Gasteiger partial charge in [-0.2, -0.15) is 0 Å². The summed E-state index contributed by atoms with van der Waals surface area (Å²) in [6.45, 7) is 0.188. The van der Waals surface area contributed by atoms with Crippen LogP contribution in [0.4, 0.5) is 4.39 Å². The molecule has 104 valence electrons. The Labute approximate surface area is 119 Å². The molecule has 0 atom stereocenters. The summed E-state index contributed by atoms with van der Waals surface area (Å²) in [6.07, 6.45) is 0. The molecule has 5 nitrogen and oxygen atoms in total. The van der Waals surface area contributed by atoms with Crippen molar-refractivity contribution in [2.45, 2.75) is 10.9 Å². The minimum absolute atomic E-state index is 0.188. The molecule has 0 bridgehead atoms. The van der Waals surface area contributed by atoms with E-state index in [0.29, 0.717) is 16.5 Å².